The summed E-state index contributed by atoms with van der Waals surface area (Å²) in [6.45, 7) is 6.39. The molecule has 0 saturated heterocycles. The van der Waals surface area contributed by atoms with Crippen LogP contribution < -0.4 is 0 Å². The van der Waals surface area contributed by atoms with E-state index in [1.54, 1.807) is 0 Å². The second-order valence-corrected chi connectivity index (χ2v) is 3.80. The fourth-order valence-electron chi connectivity index (χ4n) is 1.87. The van der Waals surface area contributed by atoms with E-state index in [4.69, 9.17) is 0 Å². The molecule has 1 heterocycles. The van der Waals surface area contributed by atoms with E-state index in [0.29, 0.717) is 0 Å². The van der Waals surface area contributed by atoms with Crippen molar-refractivity contribution in [2.75, 3.05) is 0 Å². The minimum atomic E-state index is -0.0132. The number of aliphatic imine (C=N–C) groups is 1. The van der Waals surface area contributed by atoms with Crippen molar-refractivity contribution in [2.24, 2.45) is 4.99 Å². The topological polar surface area (TPSA) is 12.4 Å². The largest absolute Gasteiger partial charge is 0.279 e. The molecule has 1 heteroatoms. The Morgan fingerprint density at radius 2 is 1.83 bits per heavy atom. The first-order valence-corrected chi connectivity index (χ1v) is 4.27. The van der Waals surface area contributed by atoms with Gasteiger partial charge in [0.1, 0.15) is 0 Å². The molecule has 1 nitrogen and oxygen atoms in total. The van der Waals surface area contributed by atoms with Gasteiger partial charge in [-0.15, -0.1) is 0 Å². The number of hydrogen-bond donors (Lipinski definition) is 0. The summed E-state index contributed by atoms with van der Waals surface area (Å²) in [4.78, 5) is 4.61. The minimum Gasteiger partial charge on any atom is -0.279 e. The average Bonchev–Trinajstić information content (AvgIpc) is 2.25. The van der Waals surface area contributed by atoms with E-state index in [1.807, 2.05) is 0 Å². The summed E-state index contributed by atoms with van der Waals surface area (Å²) >= 11 is 0. The van der Waals surface area contributed by atoms with Gasteiger partial charge in [0.2, 0.25) is 0 Å². The van der Waals surface area contributed by atoms with Crippen molar-refractivity contribution in [1.82, 2.24) is 0 Å². The van der Waals surface area contributed by atoms with Crippen molar-refractivity contribution in [3.8, 4) is 0 Å². The maximum Gasteiger partial charge on any atom is 0.0810 e. The third-order valence-electron chi connectivity index (χ3n) is 2.42. The summed E-state index contributed by atoms with van der Waals surface area (Å²) in [5.41, 5.74) is 3.81. The molecule has 0 saturated carbocycles. The van der Waals surface area contributed by atoms with Crippen LogP contribution in [0.25, 0.3) is 0 Å². The molecule has 12 heavy (non-hydrogen) atoms. The Kier molecular flexibility index (Phi) is 1.38. The van der Waals surface area contributed by atoms with Crippen LogP contribution in [0, 0.1) is 0 Å². The normalized spacial score (nSPS) is 18.8. The number of fused-ring (bicyclic) bond motifs is 1. The first-order valence-electron chi connectivity index (χ1n) is 4.27. The van der Waals surface area contributed by atoms with E-state index >= 15 is 0 Å². The molecule has 1 aliphatic heterocycles. The number of benzene rings is 1. The third kappa shape index (κ3) is 0.893. The van der Waals surface area contributed by atoms with Crippen molar-refractivity contribution in [1.29, 1.82) is 0 Å². The molecule has 2 rings (SSSR count). The van der Waals surface area contributed by atoms with Gasteiger partial charge in [0.05, 0.1) is 5.54 Å². The lowest BCUT2D eigenvalue weighted by atomic mass is 9.93. The number of hydrogen-bond acceptors (Lipinski definition) is 1. The summed E-state index contributed by atoms with van der Waals surface area (Å²) < 4.78 is 0. The van der Waals surface area contributed by atoms with E-state index in [1.165, 1.54) is 11.1 Å². The second-order valence-electron chi connectivity index (χ2n) is 3.80. The molecule has 0 atom stereocenters. The molecule has 0 radical (unpaired) electrons. The van der Waals surface area contributed by atoms with Gasteiger partial charge < -0.3 is 0 Å². The van der Waals surface area contributed by atoms with Crippen LogP contribution in [-0.4, -0.2) is 5.71 Å². The maximum atomic E-state index is 4.61. The van der Waals surface area contributed by atoms with Gasteiger partial charge in [0.25, 0.3) is 0 Å². The van der Waals surface area contributed by atoms with E-state index < -0.39 is 0 Å². The van der Waals surface area contributed by atoms with Gasteiger partial charge in [-0.1, -0.05) is 24.3 Å². The first-order chi connectivity index (χ1) is 5.61. The molecule has 0 bridgehead atoms. The predicted molar refractivity (Wildman–Crippen MR) is 51.7 cm³/mol. The lowest BCUT2D eigenvalue weighted by Crippen LogP contribution is -2.09. The van der Waals surface area contributed by atoms with Crippen molar-refractivity contribution < 1.29 is 0 Å². The number of nitrogens with zero attached hydrogens (tertiary/aromatic N) is 1. The van der Waals surface area contributed by atoms with Gasteiger partial charge in [-0.05, 0) is 26.3 Å². The maximum absolute atomic E-state index is 4.61. The molecule has 1 aromatic rings. The van der Waals surface area contributed by atoms with E-state index in [2.05, 4.69) is 50.0 Å². The Hall–Kier alpha value is -1.11. The summed E-state index contributed by atoms with van der Waals surface area (Å²) in [5, 5.41) is 0. The summed E-state index contributed by atoms with van der Waals surface area (Å²) in [5.74, 6) is 0. The van der Waals surface area contributed by atoms with Gasteiger partial charge >= 0.3 is 0 Å². The van der Waals surface area contributed by atoms with E-state index in [0.717, 1.165) is 5.71 Å². The molecule has 0 amide bonds. The summed E-state index contributed by atoms with van der Waals surface area (Å²) in [7, 11) is 0. The van der Waals surface area contributed by atoms with Crippen molar-refractivity contribution >= 4 is 5.71 Å². The van der Waals surface area contributed by atoms with Crippen LogP contribution in [0.1, 0.15) is 31.9 Å². The minimum absolute atomic E-state index is 0.0132. The highest BCUT2D eigenvalue weighted by Crippen LogP contribution is 2.34. The van der Waals surface area contributed by atoms with Crippen LogP contribution >= 0.6 is 0 Å². The highest BCUT2D eigenvalue weighted by molar-refractivity contribution is 6.02. The zero-order chi connectivity index (χ0) is 8.77. The zero-order valence-corrected chi connectivity index (χ0v) is 7.76. The SMILES string of the molecule is CC1=NC(C)(C)c2ccccc21. The average molecular weight is 159 g/mol. The molecular weight excluding hydrogens is 146 g/mol. The fourth-order valence-corrected chi connectivity index (χ4v) is 1.87. The Morgan fingerprint density at radius 1 is 1.17 bits per heavy atom. The molecule has 0 N–H and O–H groups in total. The summed E-state index contributed by atoms with van der Waals surface area (Å²) in [6, 6.07) is 8.45. The van der Waals surface area contributed by atoms with Crippen molar-refractivity contribution in [3.05, 3.63) is 35.4 Å². The Bertz CT molecular complexity index is 348. The van der Waals surface area contributed by atoms with Crippen LogP contribution in [0.15, 0.2) is 29.3 Å². The predicted octanol–water partition coefficient (Wildman–Crippen LogP) is 2.74. The summed E-state index contributed by atoms with van der Waals surface area (Å²) in [6.07, 6.45) is 0. The quantitative estimate of drug-likeness (QED) is 0.552. The first kappa shape index (κ1) is 7.53. The van der Waals surface area contributed by atoms with E-state index in [9.17, 15) is 0 Å². The molecule has 1 aliphatic rings. The van der Waals surface area contributed by atoms with Gasteiger partial charge in [0, 0.05) is 11.3 Å². The monoisotopic (exact) mass is 159 g/mol. The molecule has 0 aliphatic carbocycles. The van der Waals surface area contributed by atoms with Gasteiger partial charge in [-0.25, -0.2) is 0 Å². The highest BCUT2D eigenvalue weighted by Gasteiger charge is 2.28. The van der Waals surface area contributed by atoms with Crippen LogP contribution in [0.5, 0.6) is 0 Å². The van der Waals surface area contributed by atoms with Crippen molar-refractivity contribution in [3.63, 3.8) is 0 Å². The lowest BCUT2D eigenvalue weighted by molar-refractivity contribution is 0.571. The second kappa shape index (κ2) is 2.19. The van der Waals surface area contributed by atoms with Crippen LogP contribution in [0.2, 0.25) is 0 Å². The van der Waals surface area contributed by atoms with Crippen molar-refractivity contribution in [2.45, 2.75) is 26.3 Å². The van der Waals surface area contributed by atoms with Gasteiger partial charge in [-0.3, -0.25) is 4.99 Å². The van der Waals surface area contributed by atoms with Crippen LogP contribution in [0.4, 0.5) is 0 Å². The Labute approximate surface area is 73.1 Å². The lowest BCUT2D eigenvalue weighted by Gasteiger charge is -2.15. The molecule has 0 aromatic heterocycles. The van der Waals surface area contributed by atoms with Gasteiger partial charge in [0.15, 0.2) is 0 Å². The highest BCUT2D eigenvalue weighted by atomic mass is 14.9. The standard InChI is InChI=1S/C11H13N/c1-8-9-6-4-5-7-10(9)11(2,3)12-8/h4-7H,1-3H3. The molecule has 0 fully saturated rings. The third-order valence-corrected chi connectivity index (χ3v) is 2.42. The molecule has 0 spiro atoms. The molecule has 1 aromatic carbocycles. The Balaban J connectivity index is 2.68. The van der Waals surface area contributed by atoms with Crippen LogP contribution in [-0.2, 0) is 5.54 Å². The molecular formula is C11H13N. The Morgan fingerprint density at radius 3 is 2.50 bits per heavy atom. The number of rotatable bonds is 0. The smallest absolute Gasteiger partial charge is 0.0810 e. The zero-order valence-electron chi connectivity index (χ0n) is 7.76. The van der Waals surface area contributed by atoms with E-state index in [-0.39, 0.29) is 5.54 Å². The molecule has 0 unspecified atom stereocenters. The molecule has 62 valence electrons. The van der Waals surface area contributed by atoms with Gasteiger partial charge in [-0.2, -0.15) is 0 Å². The van der Waals surface area contributed by atoms with Crippen LogP contribution in [0.3, 0.4) is 0 Å². The fraction of sp³-hybridized carbons (Fsp3) is 0.364.